The second-order valence-electron chi connectivity index (χ2n) is 4.87. The average Bonchev–Trinajstić information content (AvgIpc) is 2.51. The Labute approximate surface area is 135 Å². The molecule has 1 unspecified atom stereocenters. The summed E-state index contributed by atoms with van der Waals surface area (Å²) in [5, 5.41) is 13.9. The maximum Gasteiger partial charge on any atom is 0.405 e. The standard InChI is InChI=1S/C16H24N2O3S/c1-2-22-12-10-14(18-16(20)21)15(19)17-11-6-9-13-7-4-3-5-8-13/h3-5,7-8,14,18H,2,6,9-12H2,1H3,(H,17,19)(H,20,21). The van der Waals surface area contributed by atoms with Crippen molar-refractivity contribution in [2.24, 2.45) is 0 Å². The molecule has 0 aliphatic heterocycles. The number of hydrogen-bond donors (Lipinski definition) is 3. The second kappa shape index (κ2) is 11.0. The van der Waals surface area contributed by atoms with Crippen LogP contribution in [0.15, 0.2) is 30.3 Å². The molecule has 0 aliphatic carbocycles. The molecule has 1 aromatic carbocycles. The highest BCUT2D eigenvalue weighted by molar-refractivity contribution is 7.99. The highest BCUT2D eigenvalue weighted by atomic mass is 32.2. The van der Waals surface area contributed by atoms with Crippen LogP contribution in [0.3, 0.4) is 0 Å². The molecule has 3 N–H and O–H groups in total. The number of carbonyl (C=O) groups is 2. The lowest BCUT2D eigenvalue weighted by molar-refractivity contribution is -0.123. The first-order valence-corrected chi connectivity index (χ1v) is 8.67. The molecule has 2 amide bonds. The third kappa shape index (κ3) is 7.93. The molecule has 1 rings (SSSR count). The van der Waals surface area contributed by atoms with E-state index in [9.17, 15) is 9.59 Å². The van der Waals surface area contributed by atoms with Gasteiger partial charge in [-0.05, 0) is 36.3 Å². The van der Waals surface area contributed by atoms with Gasteiger partial charge in [0, 0.05) is 6.54 Å². The number of carbonyl (C=O) groups excluding carboxylic acids is 1. The monoisotopic (exact) mass is 324 g/mol. The van der Waals surface area contributed by atoms with Crippen LogP contribution in [0.1, 0.15) is 25.3 Å². The number of carboxylic acid groups (broad SMARTS) is 1. The number of amides is 2. The summed E-state index contributed by atoms with van der Waals surface area (Å²) in [4.78, 5) is 22.8. The SMILES string of the molecule is CCSCCC(NC(=O)O)C(=O)NCCCc1ccccc1. The molecule has 0 spiro atoms. The first-order chi connectivity index (χ1) is 10.6. The molecular weight excluding hydrogens is 300 g/mol. The van der Waals surface area contributed by atoms with Crippen molar-refractivity contribution in [3.05, 3.63) is 35.9 Å². The van der Waals surface area contributed by atoms with Crippen LogP contribution in [0.25, 0.3) is 0 Å². The predicted octanol–water partition coefficient (Wildman–Crippen LogP) is 2.51. The molecule has 0 saturated heterocycles. The van der Waals surface area contributed by atoms with Gasteiger partial charge in [0.1, 0.15) is 6.04 Å². The van der Waals surface area contributed by atoms with Crippen molar-refractivity contribution in [1.29, 1.82) is 0 Å². The van der Waals surface area contributed by atoms with Crippen LogP contribution in [0.5, 0.6) is 0 Å². The number of rotatable bonds is 10. The van der Waals surface area contributed by atoms with Crippen LogP contribution in [0.4, 0.5) is 4.79 Å². The van der Waals surface area contributed by atoms with E-state index in [0.29, 0.717) is 13.0 Å². The molecule has 0 radical (unpaired) electrons. The molecule has 22 heavy (non-hydrogen) atoms. The maximum absolute atomic E-state index is 12.0. The highest BCUT2D eigenvalue weighted by Gasteiger charge is 2.19. The minimum atomic E-state index is -1.16. The van der Waals surface area contributed by atoms with Gasteiger partial charge in [0.2, 0.25) is 5.91 Å². The van der Waals surface area contributed by atoms with Gasteiger partial charge in [-0.25, -0.2) is 4.79 Å². The Kier molecular flexibility index (Phi) is 9.14. The smallest absolute Gasteiger partial charge is 0.405 e. The summed E-state index contributed by atoms with van der Waals surface area (Å²) in [6, 6.07) is 9.39. The van der Waals surface area contributed by atoms with Gasteiger partial charge in [0.15, 0.2) is 0 Å². The van der Waals surface area contributed by atoms with Gasteiger partial charge in [-0.3, -0.25) is 4.79 Å². The zero-order valence-electron chi connectivity index (χ0n) is 12.9. The van der Waals surface area contributed by atoms with E-state index in [-0.39, 0.29) is 5.91 Å². The Bertz CT molecular complexity index is 454. The number of aryl methyl sites for hydroxylation is 1. The van der Waals surface area contributed by atoms with E-state index in [4.69, 9.17) is 5.11 Å². The lowest BCUT2D eigenvalue weighted by atomic mass is 10.1. The van der Waals surface area contributed by atoms with Crippen molar-refractivity contribution in [2.75, 3.05) is 18.1 Å². The van der Waals surface area contributed by atoms with Crippen LogP contribution in [0, 0.1) is 0 Å². The lowest BCUT2D eigenvalue weighted by Gasteiger charge is -2.16. The molecule has 1 atom stereocenters. The Hall–Kier alpha value is -1.69. The largest absolute Gasteiger partial charge is 0.465 e. The van der Waals surface area contributed by atoms with Gasteiger partial charge in [0.05, 0.1) is 0 Å². The predicted molar refractivity (Wildman–Crippen MR) is 90.3 cm³/mol. The minimum absolute atomic E-state index is 0.243. The van der Waals surface area contributed by atoms with E-state index in [1.54, 1.807) is 11.8 Å². The van der Waals surface area contributed by atoms with Crippen LogP contribution in [-0.4, -0.2) is 41.2 Å². The van der Waals surface area contributed by atoms with E-state index in [0.717, 1.165) is 24.3 Å². The van der Waals surface area contributed by atoms with E-state index in [1.165, 1.54) is 5.56 Å². The van der Waals surface area contributed by atoms with Gasteiger partial charge >= 0.3 is 6.09 Å². The van der Waals surface area contributed by atoms with E-state index >= 15 is 0 Å². The summed E-state index contributed by atoms with van der Waals surface area (Å²) in [6.07, 6.45) is 1.07. The third-order valence-electron chi connectivity index (χ3n) is 3.15. The fourth-order valence-corrected chi connectivity index (χ4v) is 2.73. The Morgan fingerprint density at radius 1 is 1.27 bits per heavy atom. The molecule has 5 nitrogen and oxygen atoms in total. The van der Waals surface area contributed by atoms with Crippen LogP contribution >= 0.6 is 11.8 Å². The summed E-state index contributed by atoms with van der Waals surface area (Å²) < 4.78 is 0. The summed E-state index contributed by atoms with van der Waals surface area (Å²) in [7, 11) is 0. The number of benzene rings is 1. The van der Waals surface area contributed by atoms with Crippen molar-refractivity contribution in [1.82, 2.24) is 10.6 Å². The normalized spacial score (nSPS) is 11.7. The highest BCUT2D eigenvalue weighted by Crippen LogP contribution is 2.05. The molecular formula is C16H24N2O3S. The first-order valence-electron chi connectivity index (χ1n) is 7.52. The molecule has 0 bridgehead atoms. The van der Waals surface area contributed by atoms with Gasteiger partial charge < -0.3 is 15.7 Å². The van der Waals surface area contributed by atoms with Crippen molar-refractivity contribution in [2.45, 2.75) is 32.2 Å². The molecule has 1 aromatic rings. The van der Waals surface area contributed by atoms with E-state index in [1.807, 2.05) is 25.1 Å². The van der Waals surface area contributed by atoms with Crippen LogP contribution in [0.2, 0.25) is 0 Å². The van der Waals surface area contributed by atoms with Crippen LogP contribution < -0.4 is 10.6 Å². The van der Waals surface area contributed by atoms with E-state index in [2.05, 4.69) is 22.8 Å². The summed E-state index contributed by atoms with van der Waals surface area (Å²) in [6.45, 7) is 2.58. The quantitative estimate of drug-likeness (QED) is 0.578. The van der Waals surface area contributed by atoms with Crippen molar-refractivity contribution in [3.8, 4) is 0 Å². The fourth-order valence-electron chi connectivity index (χ4n) is 2.04. The molecule has 0 heterocycles. The van der Waals surface area contributed by atoms with Crippen molar-refractivity contribution < 1.29 is 14.7 Å². The van der Waals surface area contributed by atoms with Gasteiger partial charge in [-0.2, -0.15) is 11.8 Å². The van der Waals surface area contributed by atoms with Gasteiger partial charge in [0.25, 0.3) is 0 Å². The van der Waals surface area contributed by atoms with Crippen LogP contribution in [-0.2, 0) is 11.2 Å². The Morgan fingerprint density at radius 2 is 2.00 bits per heavy atom. The summed E-state index contributed by atoms with van der Waals surface area (Å²) >= 11 is 1.69. The molecule has 122 valence electrons. The number of hydrogen-bond acceptors (Lipinski definition) is 3. The van der Waals surface area contributed by atoms with Crippen molar-refractivity contribution >= 4 is 23.8 Å². The number of thioether (sulfide) groups is 1. The van der Waals surface area contributed by atoms with E-state index < -0.39 is 12.1 Å². The first kappa shape index (κ1) is 18.4. The fraction of sp³-hybridized carbons (Fsp3) is 0.500. The zero-order valence-corrected chi connectivity index (χ0v) is 13.7. The molecule has 6 heteroatoms. The summed E-state index contributed by atoms with van der Waals surface area (Å²) in [5.74, 6) is 1.48. The minimum Gasteiger partial charge on any atom is -0.465 e. The topological polar surface area (TPSA) is 78.4 Å². The van der Waals surface area contributed by atoms with Gasteiger partial charge in [-0.1, -0.05) is 37.3 Å². The Morgan fingerprint density at radius 3 is 2.64 bits per heavy atom. The summed E-state index contributed by atoms with van der Waals surface area (Å²) in [5.41, 5.74) is 1.23. The second-order valence-corrected chi connectivity index (χ2v) is 6.26. The molecule has 0 saturated carbocycles. The number of nitrogens with one attached hydrogen (secondary N) is 2. The molecule has 0 fully saturated rings. The van der Waals surface area contributed by atoms with Crippen molar-refractivity contribution in [3.63, 3.8) is 0 Å². The average molecular weight is 324 g/mol. The zero-order chi connectivity index (χ0) is 16.2. The lowest BCUT2D eigenvalue weighted by Crippen LogP contribution is -2.46. The molecule has 0 aliphatic rings. The third-order valence-corrected chi connectivity index (χ3v) is 4.09. The molecule has 0 aromatic heterocycles. The maximum atomic E-state index is 12.0. The van der Waals surface area contributed by atoms with Gasteiger partial charge in [-0.15, -0.1) is 0 Å². The Balaban J connectivity index is 2.30.